The van der Waals surface area contributed by atoms with Crippen LogP contribution in [0.5, 0.6) is 17.2 Å². The molecule has 1 aliphatic rings. The summed E-state index contributed by atoms with van der Waals surface area (Å²) in [6.07, 6.45) is 1.39. The van der Waals surface area contributed by atoms with Gasteiger partial charge in [0.25, 0.3) is 10.0 Å². The molecule has 1 saturated heterocycles. The Bertz CT molecular complexity index is 1150. The van der Waals surface area contributed by atoms with Crippen LogP contribution >= 0.6 is 0 Å². The highest BCUT2D eigenvalue weighted by Gasteiger charge is 2.27. The highest BCUT2D eigenvalue weighted by Crippen LogP contribution is 2.40. The van der Waals surface area contributed by atoms with E-state index in [0.717, 1.165) is 6.42 Å². The van der Waals surface area contributed by atoms with Crippen molar-refractivity contribution in [1.29, 1.82) is 0 Å². The number of aryl methyl sites for hydroxylation is 1. The second-order valence-electron chi connectivity index (χ2n) is 7.06. The van der Waals surface area contributed by atoms with Crippen LogP contribution in [0.25, 0.3) is 0 Å². The van der Waals surface area contributed by atoms with Crippen molar-refractivity contribution in [2.45, 2.75) is 24.7 Å². The Morgan fingerprint density at radius 3 is 2.13 bits per heavy atom. The average Bonchev–Trinajstić information content (AvgIpc) is 2.72. The van der Waals surface area contributed by atoms with Gasteiger partial charge in [0.05, 0.1) is 43.4 Å². The largest absolute Gasteiger partial charge is 0.493 e. The van der Waals surface area contributed by atoms with Crippen LogP contribution in [0.15, 0.2) is 35.2 Å². The Kier molecular flexibility index (Phi) is 6.56. The highest BCUT2D eigenvalue weighted by molar-refractivity contribution is 7.93. The van der Waals surface area contributed by atoms with Gasteiger partial charge < -0.3 is 14.2 Å². The molecule has 1 aliphatic heterocycles. The van der Waals surface area contributed by atoms with Gasteiger partial charge in [-0.25, -0.2) is 16.8 Å². The first-order valence-electron chi connectivity index (χ1n) is 9.57. The van der Waals surface area contributed by atoms with Crippen LogP contribution in [0.1, 0.15) is 18.4 Å². The van der Waals surface area contributed by atoms with E-state index in [0.29, 0.717) is 41.5 Å². The van der Waals surface area contributed by atoms with E-state index in [2.05, 4.69) is 4.72 Å². The quantitative estimate of drug-likeness (QED) is 0.662. The number of rotatable bonds is 7. The molecule has 0 saturated carbocycles. The number of nitrogens with zero attached hydrogens (tertiary/aromatic N) is 1. The molecular weight excluding hydrogens is 444 g/mol. The van der Waals surface area contributed by atoms with Gasteiger partial charge in [0.2, 0.25) is 15.8 Å². The Morgan fingerprint density at radius 2 is 1.61 bits per heavy atom. The molecule has 0 aliphatic carbocycles. The first-order chi connectivity index (χ1) is 14.6. The predicted octanol–water partition coefficient (Wildman–Crippen LogP) is 2.75. The molecule has 1 N–H and O–H groups in total. The Hall–Kier alpha value is -2.66. The summed E-state index contributed by atoms with van der Waals surface area (Å²) in [5.41, 5.74) is 1.12. The molecule has 31 heavy (non-hydrogen) atoms. The van der Waals surface area contributed by atoms with Crippen LogP contribution in [0.4, 0.5) is 11.4 Å². The molecule has 3 rings (SSSR count). The molecule has 0 spiro atoms. The van der Waals surface area contributed by atoms with E-state index in [9.17, 15) is 16.8 Å². The molecule has 1 heterocycles. The van der Waals surface area contributed by atoms with Gasteiger partial charge in [-0.2, -0.15) is 0 Å². The molecule has 0 atom stereocenters. The number of hydrogen-bond donors (Lipinski definition) is 1. The van der Waals surface area contributed by atoms with Crippen molar-refractivity contribution < 1.29 is 31.0 Å². The van der Waals surface area contributed by atoms with Gasteiger partial charge in [0.15, 0.2) is 11.5 Å². The van der Waals surface area contributed by atoms with E-state index in [1.54, 1.807) is 13.0 Å². The van der Waals surface area contributed by atoms with Gasteiger partial charge in [0, 0.05) is 18.7 Å². The van der Waals surface area contributed by atoms with E-state index < -0.39 is 20.0 Å². The molecule has 9 nitrogen and oxygen atoms in total. The number of anilines is 2. The first kappa shape index (κ1) is 23.0. The third-order valence-corrected chi connectivity index (χ3v) is 8.41. The second-order valence-corrected chi connectivity index (χ2v) is 10.7. The van der Waals surface area contributed by atoms with E-state index in [4.69, 9.17) is 14.2 Å². The summed E-state index contributed by atoms with van der Waals surface area (Å²) in [7, 11) is -3.01. The molecule has 2 aromatic rings. The fourth-order valence-corrected chi connectivity index (χ4v) is 6.42. The summed E-state index contributed by atoms with van der Waals surface area (Å²) in [5, 5.41) is 0. The van der Waals surface area contributed by atoms with E-state index in [-0.39, 0.29) is 16.3 Å². The summed E-state index contributed by atoms with van der Waals surface area (Å²) in [6, 6.07) is 7.48. The standard InChI is InChI=1S/C20H26N2O7S2/c1-14-11-16(22-9-5-6-10-30(22,23)24)7-8-19(14)31(25,26)21-15-12-17(27-2)20(29-4)18(13-15)28-3/h7-8,11-13,21H,5-6,9-10H2,1-4H3. The van der Waals surface area contributed by atoms with Crippen LogP contribution in [0, 0.1) is 6.92 Å². The molecule has 11 heteroatoms. The zero-order chi connectivity index (χ0) is 22.8. The first-order valence-corrected chi connectivity index (χ1v) is 12.7. The minimum atomic E-state index is -3.96. The number of sulfonamides is 2. The lowest BCUT2D eigenvalue weighted by molar-refractivity contribution is 0.325. The lowest BCUT2D eigenvalue weighted by Gasteiger charge is -2.28. The topological polar surface area (TPSA) is 111 Å². The minimum Gasteiger partial charge on any atom is -0.493 e. The van der Waals surface area contributed by atoms with Crippen LogP contribution in [-0.4, -0.2) is 50.5 Å². The number of ether oxygens (including phenoxy) is 3. The van der Waals surface area contributed by atoms with Gasteiger partial charge in [-0.05, 0) is 43.5 Å². The van der Waals surface area contributed by atoms with Crippen molar-refractivity contribution in [2.24, 2.45) is 0 Å². The van der Waals surface area contributed by atoms with E-state index in [1.165, 1.54) is 49.9 Å². The van der Waals surface area contributed by atoms with Crippen molar-refractivity contribution in [2.75, 3.05) is 42.7 Å². The molecule has 0 bridgehead atoms. The van der Waals surface area contributed by atoms with Gasteiger partial charge in [-0.1, -0.05) is 0 Å². The zero-order valence-electron chi connectivity index (χ0n) is 17.8. The Morgan fingerprint density at radius 1 is 0.968 bits per heavy atom. The summed E-state index contributed by atoms with van der Waals surface area (Å²) in [4.78, 5) is 0.0411. The Labute approximate surface area is 183 Å². The molecule has 1 fully saturated rings. The molecule has 0 radical (unpaired) electrons. The second kappa shape index (κ2) is 8.83. The van der Waals surface area contributed by atoms with Crippen LogP contribution < -0.4 is 23.2 Å². The summed E-state index contributed by atoms with van der Waals surface area (Å²) >= 11 is 0. The lowest BCUT2D eigenvalue weighted by atomic mass is 10.2. The fourth-order valence-electron chi connectivity index (χ4n) is 3.52. The monoisotopic (exact) mass is 470 g/mol. The maximum Gasteiger partial charge on any atom is 0.262 e. The van der Waals surface area contributed by atoms with Gasteiger partial charge >= 0.3 is 0 Å². The number of methoxy groups -OCH3 is 3. The highest BCUT2D eigenvalue weighted by atomic mass is 32.2. The fraction of sp³-hybridized carbons (Fsp3) is 0.400. The van der Waals surface area contributed by atoms with Crippen molar-refractivity contribution in [3.05, 3.63) is 35.9 Å². The SMILES string of the molecule is COc1cc(NS(=O)(=O)c2ccc(N3CCCCS3(=O)=O)cc2C)cc(OC)c1OC. The van der Waals surface area contributed by atoms with Crippen molar-refractivity contribution in [1.82, 2.24) is 0 Å². The third-order valence-electron chi connectivity index (χ3n) is 5.00. The van der Waals surface area contributed by atoms with Gasteiger partial charge in [-0.3, -0.25) is 9.03 Å². The normalized spacial score (nSPS) is 15.9. The van der Waals surface area contributed by atoms with Gasteiger partial charge in [0.1, 0.15) is 0 Å². The van der Waals surface area contributed by atoms with E-state index >= 15 is 0 Å². The third kappa shape index (κ3) is 4.67. The summed E-state index contributed by atoms with van der Waals surface area (Å²) < 4.78 is 70.4. The van der Waals surface area contributed by atoms with Crippen molar-refractivity contribution >= 4 is 31.4 Å². The zero-order valence-corrected chi connectivity index (χ0v) is 19.5. The van der Waals surface area contributed by atoms with Crippen molar-refractivity contribution in [3.8, 4) is 17.2 Å². The van der Waals surface area contributed by atoms with Crippen molar-refractivity contribution in [3.63, 3.8) is 0 Å². The van der Waals surface area contributed by atoms with Crippen LogP contribution in [-0.2, 0) is 20.0 Å². The Balaban J connectivity index is 1.94. The lowest BCUT2D eigenvalue weighted by Crippen LogP contribution is -2.37. The maximum atomic E-state index is 13.0. The molecule has 0 aromatic heterocycles. The molecule has 0 amide bonds. The number of benzene rings is 2. The molecule has 0 unspecified atom stereocenters. The van der Waals surface area contributed by atoms with E-state index in [1.807, 2.05) is 0 Å². The average molecular weight is 471 g/mol. The molecular formula is C20H26N2O7S2. The summed E-state index contributed by atoms with van der Waals surface area (Å²) in [5.74, 6) is 1.05. The number of nitrogens with one attached hydrogen (secondary N) is 1. The molecule has 2 aromatic carbocycles. The number of hydrogen-bond acceptors (Lipinski definition) is 7. The smallest absolute Gasteiger partial charge is 0.262 e. The summed E-state index contributed by atoms with van der Waals surface area (Å²) in [6.45, 7) is 2.02. The predicted molar refractivity (Wildman–Crippen MR) is 118 cm³/mol. The van der Waals surface area contributed by atoms with Gasteiger partial charge in [-0.15, -0.1) is 0 Å². The molecule has 170 valence electrons. The van der Waals surface area contributed by atoms with Crippen LogP contribution in [0.2, 0.25) is 0 Å². The minimum absolute atomic E-state index is 0.0411. The van der Waals surface area contributed by atoms with Crippen LogP contribution in [0.3, 0.4) is 0 Å². The maximum absolute atomic E-state index is 13.0.